The molecule has 21 heavy (non-hydrogen) atoms. The van der Waals surface area contributed by atoms with E-state index in [-0.39, 0.29) is 24.3 Å². The molecule has 2 rings (SSSR count). The van der Waals surface area contributed by atoms with Gasteiger partial charge in [0.1, 0.15) is 5.75 Å². The summed E-state index contributed by atoms with van der Waals surface area (Å²) in [6.07, 6.45) is 1.15. The number of aliphatic hydroxyl groups is 1. The van der Waals surface area contributed by atoms with E-state index in [0.717, 1.165) is 18.4 Å². The van der Waals surface area contributed by atoms with Crippen LogP contribution in [0, 0.1) is 5.92 Å². The second-order valence-corrected chi connectivity index (χ2v) is 6.19. The van der Waals surface area contributed by atoms with E-state index in [9.17, 15) is 9.90 Å². The highest BCUT2D eigenvalue weighted by molar-refractivity contribution is 6.32. The molecule has 1 heterocycles. The monoisotopic (exact) mass is 311 g/mol. The number of benzene rings is 1. The molecule has 4 nitrogen and oxygen atoms in total. The average Bonchev–Trinajstić information content (AvgIpc) is 2.62. The molecule has 1 aliphatic heterocycles. The van der Waals surface area contributed by atoms with Gasteiger partial charge in [0.25, 0.3) is 0 Å². The van der Waals surface area contributed by atoms with Crippen LogP contribution in [0.25, 0.3) is 0 Å². The first-order valence-corrected chi connectivity index (χ1v) is 7.75. The van der Waals surface area contributed by atoms with Gasteiger partial charge in [-0.1, -0.05) is 37.6 Å². The molecule has 0 spiro atoms. The van der Waals surface area contributed by atoms with Crippen LogP contribution in [0.2, 0.25) is 5.02 Å². The maximum atomic E-state index is 12.1. The summed E-state index contributed by atoms with van der Waals surface area (Å²) in [7, 11) is 0. The van der Waals surface area contributed by atoms with Crippen LogP contribution in [0.3, 0.4) is 0 Å². The number of para-hydroxylation sites is 1. The fraction of sp³-hybridized carbons (Fsp3) is 0.562. The molecular weight excluding hydrogens is 290 g/mol. The van der Waals surface area contributed by atoms with Gasteiger partial charge in [0.05, 0.1) is 30.2 Å². The largest absolute Gasteiger partial charge is 0.492 e. The number of amides is 1. The first-order valence-electron chi connectivity index (χ1n) is 7.37. The molecule has 1 aromatic rings. The Morgan fingerprint density at radius 3 is 3.00 bits per heavy atom. The Morgan fingerprint density at radius 1 is 1.52 bits per heavy atom. The van der Waals surface area contributed by atoms with Gasteiger partial charge in [-0.05, 0) is 24.8 Å². The number of fused-ring (bicyclic) bond motifs is 1. The van der Waals surface area contributed by atoms with E-state index in [0.29, 0.717) is 17.4 Å². The van der Waals surface area contributed by atoms with Crippen LogP contribution in [0.5, 0.6) is 5.75 Å². The van der Waals surface area contributed by atoms with Crippen molar-refractivity contribution in [2.24, 2.45) is 5.92 Å². The van der Waals surface area contributed by atoms with Crippen molar-refractivity contribution >= 4 is 17.5 Å². The Labute approximate surface area is 130 Å². The Hall–Kier alpha value is -1.26. The molecule has 0 bridgehead atoms. The van der Waals surface area contributed by atoms with Crippen molar-refractivity contribution in [1.29, 1.82) is 0 Å². The summed E-state index contributed by atoms with van der Waals surface area (Å²) in [4.78, 5) is 12.1. The summed E-state index contributed by atoms with van der Waals surface area (Å²) in [6.45, 7) is 4.39. The lowest BCUT2D eigenvalue weighted by molar-refractivity contribution is -0.124. The zero-order valence-corrected chi connectivity index (χ0v) is 13.2. The third kappa shape index (κ3) is 4.11. The van der Waals surface area contributed by atoms with Crippen molar-refractivity contribution in [1.82, 2.24) is 5.32 Å². The third-order valence-corrected chi connectivity index (χ3v) is 4.05. The van der Waals surface area contributed by atoms with Crippen LogP contribution in [-0.2, 0) is 4.79 Å². The summed E-state index contributed by atoms with van der Waals surface area (Å²) in [5.41, 5.74) is 0.910. The summed E-state index contributed by atoms with van der Waals surface area (Å²) in [6, 6.07) is 5.45. The van der Waals surface area contributed by atoms with Crippen LogP contribution in [0.15, 0.2) is 18.2 Å². The summed E-state index contributed by atoms with van der Waals surface area (Å²) in [5, 5.41) is 13.4. The molecule has 0 aliphatic carbocycles. The molecule has 1 aromatic carbocycles. The third-order valence-electron chi connectivity index (χ3n) is 3.76. The van der Waals surface area contributed by atoms with Crippen LogP contribution < -0.4 is 10.1 Å². The van der Waals surface area contributed by atoms with Gasteiger partial charge < -0.3 is 15.2 Å². The zero-order chi connectivity index (χ0) is 15.4. The second kappa shape index (κ2) is 7.14. The summed E-state index contributed by atoms with van der Waals surface area (Å²) in [5.74, 6) is 0.579. The van der Waals surface area contributed by atoms with Crippen LogP contribution >= 0.6 is 11.6 Å². The van der Waals surface area contributed by atoms with Crippen LogP contribution in [0.4, 0.5) is 0 Å². The number of nitrogens with one attached hydrogen (secondary N) is 1. The minimum Gasteiger partial charge on any atom is -0.492 e. The van der Waals surface area contributed by atoms with Gasteiger partial charge in [0.15, 0.2) is 0 Å². The first kappa shape index (κ1) is 16.1. The van der Waals surface area contributed by atoms with Gasteiger partial charge in [-0.3, -0.25) is 4.79 Å². The fourth-order valence-corrected chi connectivity index (χ4v) is 2.63. The maximum Gasteiger partial charge on any atom is 0.223 e. The van der Waals surface area contributed by atoms with E-state index in [1.807, 2.05) is 26.0 Å². The Balaban J connectivity index is 2.10. The lowest BCUT2D eigenvalue weighted by Gasteiger charge is -2.20. The predicted octanol–water partition coefficient (Wildman–Crippen LogP) is 3.08. The summed E-state index contributed by atoms with van der Waals surface area (Å²) < 4.78 is 5.68. The second-order valence-electron chi connectivity index (χ2n) is 5.78. The number of hydrogen-bond donors (Lipinski definition) is 2. The van der Waals surface area contributed by atoms with Crippen molar-refractivity contribution < 1.29 is 14.6 Å². The first-order chi connectivity index (χ1) is 9.99. The van der Waals surface area contributed by atoms with E-state index >= 15 is 0 Å². The van der Waals surface area contributed by atoms with Crippen LogP contribution in [-0.4, -0.2) is 23.7 Å². The molecule has 0 fully saturated rings. The Kier molecular flexibility index (Phi) is 5.48. The van der Waals surface area contributed by atoms with Crippen LogP contribution in [0.1, 0.15) is 44.7 Å². The van der Waals surface area contributed by atoms with Crippen molar-refractivity contribution in [2.45, 2.75) is 45.3 Å². The zero-order valence-electron chi connectivity index (χ0n) is 12.4. The number of aliphatic hydroxyl groups excluding tert-OH is 1. The summed E-state index contributed by atoms with van der Waals surface area (Å²) >= 11 is 6.16. The van der Waals surface area contributed by atoms with E-state index < -0.39 is 6.10 Å². The lowest BCUT2D eigenvalue weighted by atomic mass is 10.0. The Bertz CT molecular complexity index is 504. The van der Waals surface area contributed by atoms with Gasteiger partial charge in [0.2, 0.25) is 5.91 Å². The van der Waals surface area contributed by atoms with Crippen molar-refractivity contribution in [2.75, 3.05) is 6.61 Å². The minimum atomic E-state index is -0.620. The lowest BCUT2D eigenvalue weighted by Crippen LogP contribution is -2.32. The van der Waals surface area contributed by atoms with E-state index in [4.69, 9.17) is 16.3 Å². The highest BCUT2D eigenvalue weighted by Gasteiger charge is 2.24. The van der Waals surface area contributed by atoms with Gasteiger partial charge in [0, 0.05) is 5.56 Å². The smallest absolute Gasteiger partial charge is 0.223 e. The number of rotatable bonds is 4. The molecule has 5 heteroatoms. The molecular formula is C16H22ClNO3. The number of ether oxygens (including phenoxy) is 1. The molecule has 2 unspecified atom stereocenters. The molecule has 0 saturated heterocycles. The molecule has 2 N–H and O–H groups in total. The van der Waals surface area contributed by atoms with Crippen molar-refractivity contribution in [3.05, 3.63) is 28.8 Å². The quantitative estimate of drug-likeness (QED) is 0.898. The molecule has 1 amide bonds. The van der Waals surface area contributed by atoms with Crippen molar-refractivity contribution in [3.63, 3.8) is 0 Å². The average molecular weight is 312 g/mol. The fourth-order valence-electron chi connectivity index (χ4n) is 2.40. The normalized spacial score (nSPS) is 19.4. The van der Waals surface area contributed by atoms with Gasteiger partial charge in [-0.15, -0.1) is 0 Å². The minimum absolute atomic E-state index is 0.0648. The molecule has 116 valence electrons. The number of hydrogen-bond acceptors (Lipinski definition) is 3. The van der Waals surface area contributed by atoms with E-state index in [2.05, 4.69) is 5.32 Å². The molecule has 1 aliphatic rings. The number of carbonyl (C=O) groups is 1. The van der Waals surface area contributed by atoms with Gasteiger partial charge in [-0.25, -0.2) is 0 Å². The Morgan fingerprint density at radius 2 is 2.29 bits per heavy atom. The standard InChI is InChI=1S/C16H22ClNO3/c1-10(2)14(19)9-15(20)18-13-7-4-8-21-16-11(13)5-3-6-12(16)17/h3,5-6,10,13-14,19H,4,7-9H2,1-2H3,(H,18,20). The number of carbonyl (C=O) groups excluding carboxylic acids is 1. The molecule has 2 atom stereocenters. The topological polar surface area (TPSA) is 58.6 Å². The maximum absolute atomic E-state index is 12.1. The molecule has 0 saturated carbocycles. The SMILES string of the molecule is CC(C)C(O)CC(=O)NC1CCCOc2c(Cl)cccc21. The highest BCUT2D eigenvalue weighted by Crippen LogP contribution is 2.36. The van der Waals surface area contributed by atoms with E-state index in [1.54, 1.807) is 6.07 Å². The molecule has 0 aromatic heterocycles. The van der Waals surface area contributed by atoms with Gasteiger partial charge >= 0.3 is 0 Å². The van der Waals surface area contributed by atoms with Crippen molar-refractivity contribution in [3.8, 4) is 5.75 Å². The predicted molar refractivity (Wildman–Crippen MR) is 82.5 cm³/mol. The number of halogens is 1. The highest BCUT2D eigenvalue weighted by atomic mass is 35.5. The van der Waals surface area contributed by atoms with E-state index in [1.165, 1.54) is 0 Å². The molecule has 0 radical (unpaired) electrons. The van der Waals surface area contributed by atoms with Gasteiger partial charge in [-0.2, -0.15) is 0 Å².